The highest BCUT2D eigenvalue weighted by Crippen LogP contribution is 2.24. The lowest BCUT2D eigenvalue weighted by Gasteiger charge is -2.33. The molecule has 9 nitrogen and oxygen atoms in total. The summed E-state index contributed by atoms with van der Waals surface area (Å²) in [5.74, 6) is -2.09. The van der Waals surface area contributed by atoms with Crippen molar-refractivity contribution < 1.29 is 26.7 Å². The van der Waals surface area contributed by atoms with Gasteiger partial charge in [-0.3, -0.25) is 4.79 Å². The topological polar surface area (TPSA) is 97.6 Å². The monoisotopic (exact) mass is 477 g/mol. The van der Waals surface area contributed by atoms with E-state index in [1.165, 1.54) is 9.58 Å². The number of hydrogen-bond acceptors (Lipinski definition) is 6. The van der Waals surface area contributed by atoms with E-state index in [4.69, 9.17) is 4.74 Å². The molecule has 4 rings (SSSR count). The zero-order valence-electron chi connectivity index (χ0n) is 17.9. The Balaban J connectivity index is 1.50. The minimum absolute atomic E-state index is 0.0413. The Hall–Kier alpha value is -3.38. The Morgan fingerprint density at radius 1 is 1.03 bits per heavy atom. The number of aromatic nitrogens is 3. The van der Waals surface area contributed by atoms with Crippen LogP contribution in [-0.2, 0) is 10.0 Å². The van der Waals surface area contributed by atoms with Gasteiger partial charge in [0.1, 0.15) is 17.4 Å². The summed E-state index contributed by atoms with van der Waals surface area (Å²) < 4.78 is 61.2. The Morgan fingerprint density at radius 2 is 1.67 bits per heavy atom. The quantitative estimate of drug-likeness (QED) is 0.558. The molecule has 0 atom stereocenters. The van der Waals surface area contributed by atoms with Crippen molar-refractivity contribution in [2.24, 2.45) is 0 Å². The number of hydrogen-bond donors (Lipinski definition) is 0. The molecule has 3 aromatic rings. The van der Waals surface area contributed by atoms with Gasteiger partial charge in [-0.15, -0.1) is 5.10 Å². The molecule has 1 aliphatic rings. The molecule has 1 saturated heterocycles. The smallest absolute Gasteiger partial charge is 0.276 e. The third-order valence-electron chi connectivity index (χ3n) is 5.44. The zero-order valence-corrected chi connectivity index (χ0v) is 18.7. The van der Waals surface area contributed by atoms with Gasteiger partial charge in [-0.05, 0) is 31.2 Å². The van der Waals surface area contributed by atoms with Gasteiger partial charge < -0.3 is 9.64 Å². The Morgan fingerprint density at radius 3 is 2.30 bits per heavy atom. The van der Waals surface area contributed by atoms with Crippen LogP contribution < -0.4 is 4.74 Å². The molecule has 1 amide bonds. The average molecular weight is 477 g/mol. The molecule has 1 fully saturated rings. The van der Waals surface area contributed by atoms with Crippen LogP contribution in [0.5, 0.6) is 5.75 Å². The summed E-state index contributed by atoms with van der Waals surface area (Å²) in [7, 11) is -2.84. The van der Waals surface area contributed by atoms with Crippen molar-refractivity contribution in [1.82, 2.24) is 24.2 Å². The number of rotatable bonds is 5. The van der Waals surface area contributed by atoms with Crippen LogP contribution in [0, 0.1) is 18.6 Å². The maximum atomic E-state index is 14.0. The number of piperazine rings is 1. The van der Waals surface area contributed by atoms with Gasteiger partial charge in [0.15, 0.2) is 10.6 Å². The molecule has 0 saturated carbocycles. The molecule has 12 heteroatoms. The first kappa shape index (κ1) is 22.8. The largest absolute Gasteiger partial charge is 0.497 e. The molecule has 0 bridgehead atoms. The van der Waals surface area contributed by atoms with Gasteiger partial charge in [0.25, 0.3) is 5.91 Å². The first-order valence-corrected chi connectivity index (χ1v) is 11.5. The van der Waals surface area contributed by atoms with Gasteiger partial charge in [0.2, 0.25) is 10.0 Å². The zero-order chi connectivity index (χ0) is 23.8. The first-order valence-electron chi connectivity index (χ1n) is 10.0. The summed E-state index contributed by atoms with van der Waals surface area (Å²) in [6, 6.07) is 10.00. The summed E-state index contributed by atoms with van der Waals surface area (Å²) in [6.07, 6.45) is 0. The second kappa shape index (κ2) is 8.87. The third-order valence-corrected chi connectivity index (χ3v) is 7.39. The number of amides is 1. The molecule has 0 radical (unpaired) electrons. The number of methoxy groups -OCH3 is 1. The number of nitrogens with zero attached hydrogens (tertiary/aromatic N) is 5. The number of carbonyl (C=O) groups excluding carboxylic acids is 1. The van der Waals surface area contributed by atoms with Crippen LogP contribution in [0.1, 0.15) is 16.2 Å². The second-order valence-corrected chi connectivity index (χ2v) is 9.26. The molecule has 0 N–H and O–H groups in total. The van der Waals surface area contributed by atoms with Crippen molar-refractivity contribution in [1.29, 1.82) is 0 Å². The lowest BCUT2D eigenvalue weighted by Crippen LogP contribution is -2.50. The van der Waals surface area contributed by atoms with E-state index < -0.39 is 32.5 Å². The maximum absolute atomic E-state index is 14.0. The summed E-state index contributed by atoms with van der Waals surface area (Å²) >= 11 is 0. The predicted octanol–water partition coefficient (Wildman–Crippen LogP) is 2.01. The van der Waals surface area contributed by atoms with Gasteiger partial charge in [-0.25, -0.2) is 21.9 Å². The predicted molar refractivity (Wildman–Crippen MR) is 114 cm³/mol. The van der Waals surface area contributed by atoms with E-state index >= 15 is 0 Å². The standard InChI is InChI=1S/C21H21F2N5O4S/c1-14-19(24-25-28(14)15-5-3-6-16(13-15)32-2)21(29)26-9-11-27(12-10-26)33(30,31)20-17(22)7-4-8-18(20)23/h3-8,13H,9-12H2,1-2H3. The highest BCUT2D eigenvalue weighted by Gasteiger charge is 2.35. The van der Waals surface area contributed by atoms with Crippen molar-refractivity contribution in [3.63, 3.8) is 0 Å². The SMILES string of the molecule is COc1cccc(-n2nnc(C(=O)N3CCN(S(=O)(=O)c4c(F)cccc4F)CC3)c2C)c1. The van der Waals surface area contributed by atoms with Crippen molar-refractivity contribution in [2.45, 2.75) is 11.8 Å². The van der Waals surface area contributed by atoms with Gasteiger partial charge in [-0.1, -0.05) is 17.3 Å². The van der Waals surface area contributed by atoms with E-state index in [1.54, 1.807) is 38.3 Å². The molecule has 2 aromatic carbocycles. The van der Waals surface area contributed by atoms with Crippen LogP contribution in [0.4, 0.5) is 8.78 Å². The van der Waals surface area contributed by atoms with Gasteiger partial charge in [0, 0.05) is 32.2 Å². The molecule has 1 aromatic heterocycles. The van der Waals surface area contributed by atoms with Gasteiger partial charge in [-0.2, -0.15) is 4.31 Å². The van der Waals surface area contributed by atoms with Gasteiger partial charge in [0.05, 0.1) is 18.5 Å². The molecule has 2 heterocycles. The van der Waals surface area contributed by atoms with Crippen molar-refractivity contribution >= 4 is 15.9 Å². The number of sulfonamides is 1. The minimum Gasteiger partial charge on any atom is -0.497 e. The van der Waals surface area contributed by atoms with Crippen LogP contribution in [0.2, 0.25) is 0 Å². The average Bonchev–Trinajstić information content (AvgIpc) is 3.19. The molecule has 0 spiro atoms. The lowest BCUT2D eigenvalue weighted by atomic mass is 10.2. The number of benzene rings is 2. The van der Waals surface area contributed by atoms with E-state index in [-0.39, 0.29) is 31.9 Å². The third kappa shape index (κ3) is 4.18. The Labute approximate surface area is 189 Å². The Kier molecular flexibility index (Phi) is 6.13. The summed E-state index contributed by atoms with van der Waals surface area (Å²) in [6.45, 7) is 1.57. The summed E-state index contributed by atoms with van der Waals surface area (Å²) in [5.41, 5.74) is 1.31. The lowest BCUT2D eigenvalue weighted by molar-refractivity contribution is 0.0690. The molecule has 0 aliphatic carbocycles. The first-order chi connectivity index (χ1) is 15.7. The minimum atomic E-state index is -4.38. The normalized spacial score (nSPS) is 15.0. The van der Waals surface area contributed by atoms with E-state index in [0.717, 1.165) is 22.5 Å². The van der Waals surface area contributed by atoms with Crippen LogP contribution in [0.15, 0.2) is 47.4 Å². The van der Waals surface area contributed by atoms with Gasteiger partial charge >= 0.3 is 0 Å². The number of carbonyl (C=O) groups is 1. The fraction of sp³-hybridized carbons (Fsp3) is 0.286. The summed E-state index contributed by atoms with van der Waals surface area (Å²) in [5, 5.41) is 8.08. The molecule has 0 unspecified atom stereocenters. The highest BCUT2D eigenvalue weighted by molar-refractivity contribution is 7.89. The van der Waals surface area contributed by atoms with Crippen molar-refractivity contribution in [3.8, 4) is 11.4 Å². The Bertz CT molecular complexity index is 1280. The molecule has 174 valence electrons. The molecular weight excluding hydrogens is 456 g/mol. The number of halogens is 2. The van der Waals surface area contributed by atoms with Crippen LogP contribution in [-0.4, -0.2) is 71.8 Å². The van der Waals surface area contributed by atoms with Crippen molar-refractivity contribution in [2.75, 3.05) is 33.3 Å². The van der Waals surface area contributed by atoms with Crippen LogP contribution in [0.3, 0.4) is 0 Å². The maximum Gasteiger partial charge on any atom is 0.276 e. The fourth-order valence-corrected chi connectivity index (χ4v) is 5.18. The summed E-state index contributed by atoms with van der Waals surface area (Å²) in [4.78, 5) is 13.5. The fourth-order valence-electron chi connectivity index (χ4n) is 3.65. The number of ether oxygens (including phenoxy) is 1. The highest BCUT2D eigenvalue weighted by atomic mass is 32.2. The second-order valence-electron chi connectivity index (χ2n) is 7.38. The molecule has 1 aliphatic heterocycles. The van der Waals surface area contributed by atoms with E-state index in [1.807, 2.05) is 0 Å². The van der Waals surface area contributed by atoms with E-state index in [9.17, 15) is 22.0 Å². The van der Waals surface area contributed by atoms with E-state index in [0.29, 0.717) is 17.1 Å². The van der Waals surface area contributed by atoms with Crippen molar-refractivity contribution in [3.05, 3.63) is 65.5 Å². The molecule has 33 heavy (non-hydrogen) atoms. The van der Waals surface area contributed by atoms with Crippen LogP contribution in [0.25, 0.3) is 5.69 Å². The van der Waals surface area contributed by atoms with E-state index in [2.05, 4.69) is 10.3 Å². The molecular formula is C21H21F2N5O4S. The van der Waals surface area contributed by atoms with Crippen LogP contribution >= 0.6 is 0 Å².